The third-order valence-electron chi connectivity index (χ3n) is 4.09. The van der Waals surface area contributed by atoms with Crippen LogP contribution in [0.3, 0.4) is 0 Å². The minimum atomic E-state index is -0.380. The number of benzene rings is 2. The molecule has 0 saturated heterocycles. The normalized spacial score (nSPS) is 11.4. The second kappa shape index (κ2) is 8.96. The van der Waals surface area contributed by atoms with Gasteiger partial charge in [0, 0.05) is 16.5 Å². The molecule has 2 amide bonds. The summed E-state index contributed by atoms with van der Waals surface area (Å²) in [6, 6.07) is 10.6. The zero-order valence-corrected chi connectivity index (χ0v) is 20.2. The van der Waals surface area contributed by atoms with E-state index in [9.17, 15) is 9.59 Å². The molecule has 0 radical (unpaired) electrons. The van der Waals surface area contributed by atoms with E-state index in [1.807, 2.05) is 33.8 Å². The maximum Gasteiger partial charge on any atom is 0.263 e. The van der Waals surface area contributed by atoms with Crippen molar-refractivity contribution in [3.05, 3.63) is 56.3 Å². The Balaban J connectivity index is 1.91. The fourth-order valence-corrected chi connectivity index (χ4v) is 4.80. The van der Waals surface area contributed by atoms with Gasteiger partial charge in [0.25, 0.3) is 11.8 Å². The molecular formula is C22H22BrClN2O3S. The second-order valence-electron chi connectivity index (χ2n) is 7.66. The van der Waals surface area contributed by atoms with Crippen molar-refractivity contribution in [3.8, 4) is 5.75 Å². The van der Waals surface area contributed by atoms with Gasteiger partial charge < -0.3 is 15.4 Å². The molecule has 0 spiro atoms. The molecule has 3 rings (SSSR count). The number of halogens is 2. The van der Waals surface area contributed by atoms with Crippen LogP contribution in [0.2, 0.25) is 5.02 Å². The highest BCUT2D eigenvalue weighted by molar-refractivity contribution is 9.10. The number of carbonyl (C=O) groups is 2. The highest BCUT2D eigenvalue weighted by atomic mass is 79.9. The van der Waals surface area contributed by atoms with Gasteiger partial charge in [-0.25, -0.2) is 0 Å². The van der Waals surface area contributed by atoms with E-state index in [2.05, 4.69) is 26.6 Å². The van der Waals surface area contributed by atoms with Crippen LogP contribution >= 0.6 is 38.9 Å². The monoisotopic (exact) mass is 508 g/mol. The first-order valence-corrected chi connectivity index (χ1v) is 11.4. The van der Waals surface area contributed by atoms with Gasteiger partial charge in [0.1, 0.15) is 10.6 Å². The first kappa shape index (κ1) is 22.6. The van der Waals surface area contributed by atoms with Gasteiger partial charge in [-0.3, -0.25) is 9.59 Å². The summed E-state index contributed by atoms with van der Waals surface area (Å²) in [4.78, 5) is 25.9. The fraction of sp³-hybridized carbons (Fsp3) is 0.273. The van der Waals surface area contributed by atoms with Crippen molar-refractivity contribution in [2.45, 2.75) is 33.2 Å². The Kier molecular flexibility index (Phi) is 6.75. The molecule has 0 fully saturated rings. The Labute approximate surface area is 192 Å². The maximum atomic E-state index is 12.8. The lowest BCUT2D eigenvalue weighted by atomic mass is 10.1. The number of anilines is 1. The average Bonchev–Trinajstić information content (AvgIpc) is 3.00. The Bertz CT molecular complexity index is 1120. The summed E-state index contributed by atoms with van der Waals surface area (Å²) in [6.07, 6.45) is 0. The van der Waals surface area contributed by atoms with Gasteiger partial charge in [0.2, 0.25) is 0 Å². The van der Waals surface area contributed by atoms with E-state index in [0.29, 0.717) is 38.0 Å². The number of hydrogen-bond acceptors (Lipinski definition) is 4. The molecule has 30 heavy (non-hydrogen) atoms. The summed E-state index contributed by atoms with van der Waals surface area (Å²) in [5.41, 5.74) is 0.703. The predicted molar refractivity (Wildman–Crippen MR) is 127 cm³/mol. The van der Waals surface area contributed by atoms with Crippen molar-refractivity contribution in [2.75, 3.05) is 11.9 Å². The molecule has 0 aliphatic carbocycles. The number of fused-ring (bicyclic) bond motifs is 1. The summed E-state index contributed by atoms with van der Waals surface area (Å²) >= 11 is 11.2. The molecule has 0 saturated carbocycles. The second-order valence-corrected chi connectivity index (χ2v) is 9.92. The van der Waals surface area contributed by atoms with E-state index in [1.54, 1.807) is 30.3 Å². The van der Waals surface area contributed by atoms with Crippen LogP contribution in [0.4, 0.5) is 5.69 Å². The molecule has 3 aromatic rings. The molecule has 2 N–H and O–H groups in total. The first-order valence-electron chi connectivity index (χ1n) is 9.38. The van der Waals surface area contributed by atoms with Gasteiger partial charge in [-0.2, -0.15) is 0 Å². The number of carbonyl (C=O) groups excluding carboxylic acids is 2. The zero-order valence-electron chi connectivity index (χ0n) is 17.1. The van der Waals surface area contributed by atoms with Gasteiger partial charge in [0.15, 0.2) is 0 Å². The third-order valence-corrected chi connectivity index (χ3v) is 6.45. The molecular weight excluding hydrogens is 488 g/mol. The summed E-state index contributed by atoms with van der Waals surface area (Å²) in [7, 11) is 0. The van der Waals surface area contributed by atoms with E-state index >= 15 is 0 Å². The van der Waals surface area contributed by atoms with Crippen LogP contribution in [-0.2, 0) is 0 Å². The van der Waals surface area contributed by atoms with Crippen molar-refractivity contribution in [2.24, 2.45) is 0 Å². The van der Waals surface area contributed by atoms with Crippen molar-refractivity contribution in [1.29, 1.82) is 0 Å². The molecule has 0 aliphatic heterocycles. The average molecular weight is 510 g/mol. The molecule has 2 aromatic carbocycles. The predicted octanol–water partition coefficient (Wildman–Crippen LogP) is 6.50. The van der Waals surface area contributed by atoms with Crippen LogP contribution in [0.15, 0.2) is 40.9 Å². The molecule has 1 heterocycles. The molecule has 1 aromatic heterocycles. The number of thiophene rings is 1. The van der Waals surface area contributed by atoms with E-state index < -0.39 is 0 Å². The van der Waals surface area contributed by atoms with E-state index in [4.69, 9.17) is 16.3 Å². The van der Waals surface area contributed by atoms with Gasteiger partial charge in [-0.05, 0) is 67.9 Å². The highest BCUT2D eigenvalue weighted by Gasteiger charge is 2.23. The molecule has 0 aliphatic rings. The standard InChI is InChI=1S/C22H22BrClN2O3S/c1-5-29-16-10-9-12(11-14(16)23)20(27)25-15-8-6-7-13-17(24)19(30-18(13)15)21(28)26-22(2,3)4/h6-11H,5H2,1-4H3,(H,25,27)(H,26,28). The lowest BCUT2D eigenvalue weighted by Gasteiger charge is -2.19. The quantitative estimate of drug-likeness (QED) is 0.413. The van der Waals surface area contributed by atoms with Crippen molar-refractivity contribution in [3.63, 3.8) is 0 Å². The lowest BCUT2D eigenvalue weighted by Crippen LogP contribution is -2.40. The van der Waals surface area contributed by atoms with Gasteiger partial charge in [0.05, 0.1) is 26.5 Å². The van der Waals surface area contributed by atoms with Crippen molar-refractivity contribution in [1.82, 2.24) is 5.32 Å². The Morgan fingerprint density at radius 3 is 2.53 bits per heavy atom. The van der Waals surface area contributed by atoms with Crippen molar-refractivity contribution >= 4 is 66.5 Å². The third kappa shape index (κ3) is 4.96. The zero-order chi connectivity index (χ0) is 22.1. The molecule has 8 heteroatoms. The largest absolute Gasteiger partial charge is 0.493 e. The number of nitrogens with one attached hydrogen (secondary N) is 2. The summed E-state index contributed by atoms with van der Waals surface area (Å²) in [5, 5.41) is 6.97. The fourth-order valence-electron chi connectivity index (χ4n) is 2.84. The van der Waals surface area contributed by atoms with E-state index in [0.717, 1.165) is 10.1 Å². The Morgan fingerprint density at radius 2 is 1.90 bits per heavy atom. The van der Waals surface area contributed by atoms with E-state index in [1.165, 1.54) is 11.3 Å². The SMILES string of the molecule is CCOc1ccc(C(=O)Nc2cccc3c(Cl)c(C(=O)NC(C)(C)C)sc23)cc1Br. The van der Waals surface area contributed by atoms with Crippen LogP contribution in [0, 0.1) is 0 Å². The number of ether oxygens (including phenoxy) is 1. The van der Waals surface area contributed by atoms with Crippen LogP contribution in [0.25, 0.3) is 10.1 Å². The van der Waals surface area contributed by atoms with Crippen LogP contribution in [0.1, 0.15) is 47.7 Å². The highest BCUT2D eigenvalue weighted by Crippen LogP contribution is 2.39. The minimum Gasteiger partial charge on any atom is -0.493 e. The summed E-state index contributed by atoms with van der Waals surface area (Å²) in [5.74, 6) is 0.175. The molecule has 0 bridgehead atoms. The van der Waals surface area contributed by atoms with Gasteiger partial charge in [-0.1, -0.05) is 23.7 Å². The minimum absolute atomic E-state index is 0.235. The Morgan fingerprint density at radius 1 is 1.17 bits per heavy atom. The van der Waals surface area contributed by atoms with Crippen molar-refractivity contribution < 1.29 is 14.3 Å². The van der Waals surface area contributed by atoms with Gasteiger partial charge >= 0.3 is 0 Å². The van der Waals surface area contributed by atoms with Gasteiger partial charge in [-0.15, -0.1) is 11.3 Å². The topological polar surface area (TPSA) is 67.4 Å². The summed E-state index contributed by atoms with van der Waals surface area (Å²) < 4.78 is 6.94. The number of rotatable bonds is 5. The first-order chi connectivity index (χ1) is 14.1. The smallest absolute Gasteiger partial charge is 0.263 e. The molecule has 158 valence electrons. The van der Waals surface area contributed by atoms with E-state index in [-0.39, 0.29) is 17.4 Å². The number of hydrogen-bond donors (Lipinski definition) is 2. The maximum absolute atomic E-state index is 12.8. The molecule has 0 atom stereocenters. The number of amides is 2. The molecule has 0 unspecified atom stereocenters. The van der Waals surface area contributed by atoms with Crippen LogP contribution in [-0.4, -0.2) is 24.0 Å². The van der Waals surface area contributed by atoms with Crippen LogP contribution in [0.5, 0.6) is 5.75 Å². The van der Waals surface area contributed by atoms with Crippen LogP contribution < -0.4 is 15.4 Å². The lowest BCUT2D eigenvalue weighted by molar-refractivity contribution is 0.0923. The molecule has 5 nitrogen and oxygen atoms in total. The summed E-state index contributed by atoms with van der Waals surface area (Å²) in [6.45, 7) is 8.17. The Hall–Kier alpha value is -2.09.